The largest absolute Gasteiger partial charge is 0.328 e. The van der Waals surface area contributed by atoms with Crippen LogP contribution in [0.2, 0.25) is 0 Å². The van der Waals surface area contributed by atoms with Crippen molar-refractivity contribution in [3.8, 4) is 0 Å². The van der Waals surface area contributed by atoms with Crippen LogP contribution in [0.4, 0.5) is 10.1 Å². The molecule has 3 aromatic heterocycles. The van der Waals surface area contributed by atoms with Gasteiger partial charge in [0.2, 0.25) is 5.91 Å². The summed E-state index contributed by atoms with van der Waals surface area (Å²) in [5.41, 5.74) is 3.66. The third-order valence-corrected chi connectivity index (χ3v) is 7.95. The molecule has 0 saturated heterocycles. The van der Waals surface area contributed by atoms with Crippen LogP contribution in [0.25, 0.3) is 27.6 Å². The van der Waals surface area contributed by atoms with Gasteiger partial charge in [0, 0.05) is 18.4 Å². The number of imidazole rings is 1. The van der Waals surface area contributed by atoms with Crippen LogP contribution in [-0.4, -0.2) is 40.3 Å². The summed E-state index contributed by atoms with van der Waals surface area (Å²) in [5, 5.41) is 8.46. The van der Waals surface area contributed by atoms with Crippen LogP contribution in [-0.2, 0) is 17.8 Å². The number of para-hydroxylation sites is 4. The molecule has 1 N–H and O–H groups in total. The number of amides is 1. The molecule has 0 aliphatic rings. The summed E-state index contributed by atoms with van der Waals surface area (Å²) in [4.78, 5) is 27.5. The highest BCUT2D eigenvalue weighted by Crippen LogP contribution is 2.29. The highest BCUT2D eigenvalue weighted by molar-refractivity contribution is 8.00. The maximum Gasteiger partial charge on any atom is 0.238 e. The first-order valence-corrected chi connectivity index (χ1v) is 13.7. The Morgan fingerprint density at radius 1 is 0.974 bits per heavy atom. The van der Waals surface area contributed by atoms with Gasteiger partial charge in [-0.15, -0.1) is 5.10 Å². The summed E-state index contributed by atoms with van der Waals surface area (Å²) in [5.74, 6) is 0.850. The number of nitrogens with zero attached hydrogens (tertiary/aromatic N) is 6. The van der Waals surface area contributed by atoms with E-state index in [0.717, 1.165) is 27.8 Å². The predicted octanol–water partition coefficient (Wildman–Crippen LogP) is 5.83. The number of nitrogens with one attached hydrogen (secondary N) is 1. The second-order valence-corrected chi connectivity index (χ2v) is 10.4. The van der Waals surface area contributed by atoms with Crippen molar-refractivity contribution in [3.05, 3.63) is 90.3 Å². The van der Waals surface area contributed by atoms with Crippen LogP contribution in [0.15, 0.2) is 78.0 Å². The third-order valence-electron chi connectivity index (χ3n) is 6.64. The van der Waals surface area contributed by atoms with Gasteiger partial charge in [-0.1, -0.05) is 55.1 Å². The van der Waals surface area contributed by atoms with Crippen LogP contribution in [0.3, 0.4) is 0 Å². The zero-order valence-corrected chi connectivity index (χ0v) is 22.3. The quantitative estimate of drug-likeness (QED) is 0.193. The number of fused-ring (bicyclic) bond motifs is 4. The molecule has 3 aromatic carbocycles. The molecule has 1 unspecified atom stereocenters. The molecular formula is C29H26FN7OS. The molecule has 8 nitrogen and oxygen atoms in total. The van der Waals surface area contributed by atoms with Crippen LogP contribution in [0.1, 0.15) is 25.0 Å². The summed E-state index contributed by atoms with van der Waals surface area (Å²) in [6.45, 7) is 4.60. The summed E-state index contributed by atoms with van der Waals surface area (Å²) in [6.07, 6.45) is 1.13. The minimum Gasteiger partial charge on any atom is -0.328 e. The Morgan fingerprint density at radius 2 is 1.72 bits per heavy atom. The number of hydrogen-bond donors (Lipinski definition) is 1. The minimum atomic E-state index is -0.505. The van der Waals surface area contributed by atoms with Gasteiger partial charge < -0.3 is 9.88 Å². The minimum absolute atomic E-state index is 0.156. The molecule has 0 saturated carbocycles. The molecule has 3 heterocycles. The van der Waals surface area contributed by atoms with Crippen molar-refractivity contribution in [3.63, 3.8) is 0 Å². The van der Waals surface area contributed by atoms with E-state index in [-0.39, 0.29) is 11.6 Å². The van der Waals surface area contributed by atoms with Crippen LogP contribution < -0.4 is 5.32 Å². The van der Waals surface area contributed by atoms with Gasteiger partial charge >= 0.3 is 0 Å². The number of benzene rings is 3. The Balaban J connectivity index is 1.32. The lowest BCUT2D eigenvalue weighted by Crippen LogP contribution is -2.25. The maximum absolute atomic E-state index is 14.2. The highest BCUT2D eigenvalue weighted by atomic mass is 32.2. The molecule has 0 spiro atoms. The van der Waals surface area contributed by atoms with Crippen molar-refractivity contribution in [2.45, 2.75) is 43.6 Å². The van der Waals surface area contributed by atoms with Gasteiger partial charge in [-0.25, -0.2) is 19.3 Å². The highest BCUT2D eigenvalue weighted by Gasteiger charge is 2.23. The Morgan fingerprint density at radius 3 is 2.54 bits per heavy atom. The first-order chi connectivity index (χ1) is 19.0. The lowest BCUT2D eigenvalue weighted by molar-refractivity contribution is -0.115. The maximum atomic E-state index is 14.2. The Bertz CT molecular complexity index is 1830. The van der Waals surface area contributed by atoms with E-state index < -0.39 is 11.1 Å². The molecule has 10 heteroatoms. The fourth-order valence-corrected chi connectivity index (χ4v) is 5.64. The van der Waals surface area contributed by atoms with E-state index in [1.807, 2.05) is 56.3 Å². The van der Waals surface area contributed by atoms with E-state index in [0.29, 0.717) is 36.0 Å². The number of halogens is 1. The van der Waals surface area contributed by atoms with Crippen molar-refractivity contribution in [1.29, 1.82) is 0 Å². The molecule has 39 heavy (non-hydrogen) atoms. The fraction of sp³-hybridized carbons (Fsp3) is 0.207. The Hall–Kier alpha value is -4.31. The van der Waals surface area contributed by atoms with Crippen molar-refractivity contribution in [1.82, 2.24) is 29.1 Å². The number of aryl methyl sites for hydroxylation is 3. The molecule has 0 fully saturated rings. The van der Waals surface area contributed by atoms with E-state index in [1.165, 1.54) is 17.8 Å². The van der Waals surface area contributed by atoms with Gasteiger partial charge in [0.1, 0.15) is 11.6 Å². The topological polar surface area (TPSA) is 90.0 Å². The second kappa shape index (κ2) is 10.5. The van der Waals surface area contributed by atoms with Crippen LogP contribution in [0.5, 0.6) is 0 Å². The smallest absolute Gasteiger partial charge is 0.238 e. The normalized spacial score (nSPS) is 12.4. The third kappa shape index (κ3) is 4.83. The predicted molar refractivity (Wildman–Crippen MR) is 151 cm³/mol. The van der Waals surface area contributed by atoms with Gasteiger partial charge in [0.05, 0.1) is 27.5 Å². The molecule has 1 amide bonds. The van der Waals surface area contributed by atoms with E-state index in [1.54, 1.807) is 22.7 Å². The standard InChI is InChI=1S/C29H26FN7OS/c1-3-25(28(38)32-22-13-7-5-11-20(22)30)39-29-33-21-12-6-4-10-19(21)27-34-26(35-37(27)29)16-17-36-18(2)31-23-14-8-9-15-24(23)36/h4-15,25H,3,16-17H2,1-2H3,(H,32,38). The number of carbonyl (C=O) groups excluding carboxylic acids is 1. The van der Waals surface area contributed by atoms with Crippen molar-refractivity contribution < 1.29 is 9.18 Å². The van der Waals surface area contributed by atoms with Gasteiger partial charge in [-0.3, -0.25) is 4.79 Å². The van der Waals surface area contributed by atoms with Crippen LogP contribution >= 0.6 is 11.8 Å². The lowest BCUT2D eigenvalue weighted by Gasteiger charge is -2.15. The van der Waals surface area contributed by atoms with Gasteiger partial charge in [-0.05, 0) is 49.7 Å². The molecule has 6 aromatic rings. The average molecular weight is 540 g/mol. The van der Waals surface area contributed by atoms with E-state index >= 15 is 0 Å². The molecule has 1 atom stereocenters. The average Bonchev–Trinajstić information content (AvgIpc) is 3.52. The van der Waals surface area contributed by atoms with Crippen molar-refractivity contribution >= 4 is 50.9 Å². The summed E-state index contributed by atoms with van der Waals surface area (Å²) >= 11 is 1.30. The molecule has 0 aliphatic heterocycles. The monoisotopic (exact) mass is 539 g/mol. The van der Waals surface area contributed by atoms with E-state index in [4.69, 9.17) is 15.1 Å². The number of anilines is 1. The number of carbonyl (C=O) groups is 1. The molecule has 0 radical (unpaired) electrons. The number of hydrogen-bond acceptors (Lipinski definition) is 6. The second-order valence-electron chi connectivity index (χ2n) is 9.21. The molecule has 0 bridgehead atoms. The van der Waals surface area contributed by atoms with Gasteiger partial charge in [0.15, 0.2) is 16.6 Å². The van der Waals surface area contributed by atoms with Crippen molar-refractivity contribution in [2.75, 3.05) is 5.32 Å². The Kier molecular flexibility index (Phi) is 6.70. The van der Waals surface area contributed by atoms with Gasteiger partial charge in [-0.2, -0.15) is 4.52 Å². The Labute approximate surface area is 228 Å². The lowest BCUT2D eigenvalue weighted by atomic mass is 10.2. The fourth-order valence-electron chi connectivity index (χ4n) is 4.67. The number of thioether (sulfide) groups is 1. The first kappa shape index (κ1) is 25.0. The van der Waals surface area contributed by atoms with Crippen molar-refractivity contribution in [2.24, 2.45) is 0 Å². The zero-order chi connectivity index (χ0) is 26.9. The zero-order valence-electron chi connectivity index (χ0n) is 21.5. The molecule has 196 valence electrons. The van der Waals surface area contributed by atoms with Crippen LogP contribution in [0, 0.1) is 12.7 Å². The number of rotatable bonds is 8. The summed E-state index contributed by atoms with van der Waals surface area (Å²) in [6, 6.07) is 22.0. The first-order valence-electron chi connectivity index (χ1n) is 12.8. The number of aromatic nitrogens is 6. The van der Waals surface area contributed by atoms with E-state index in [2.05, 4.69) is 20.9 Å². The van der Waals surface area contributed by atoms with Gasteiger partial charge in [0.25, 0.3) is 0 Å². The molecule has 6 rings (SSSR count). The molecule has 0 aliphatic carbocycles. The van der Waals surface area contributed by atoms with E-state index in [9.17, 15) is 9.18 Å². The SMILES string of the molecule is CCC(Sc1nc2ccccc2c2nc(CCn3c(C)nc4ccccc43)nn12)C(=O)Nc1ccccc1F. The summed E-state index contributed by atoms with van der Waals surface area (Å²) in [7, 11) is 0. The molecular weight excluding hydrogens is 513 g/mol. The summed E-state index contributed by atoms with van der Waals surface area (Å²) < 4.78 is 18.0.